The van der Waals surface area contributed by atoms with Crippen LogP contribution in [0.1, 0.15) is 40.7 Å². The third-order valence-electron chi connectivity index (χ3n) is 4.24. The van der Waals surface area contributed by atoms with Crippen LogP contribution in [0.25, 0.3) is 10.8 Å². The van der Waals surface area contributed by atoms with Crippen LogP contribution in [-0.4, -0.2) is 27.6 Å². The first-order chi connectivity index (χ1) is 14.3. The summed E-state index contributed by atoms with van der Waals surface area (Å²) in [6.45, 7) is 3.56. The Labute approximate surface area is 171 Å². The molecule has 0 radical (unpaired) electrons. The van der Waals surface area contributed by atoms with E-state index in [9.17, 15) is 19.2 Å². The molecule has 154 valence electrons. The number of benzene rings is 2. The van der Waals surface area contributed by atoms with E-state index in [1.807, 2.05) is 0 Å². The van der Waals surface area contributed by atoms with Crippen molar-refractivity contribution in [3.05, 3.63) is 70.1 Å². The van der Waals surface area contributed by atoms with E-state index in [1.54, 1.807) is 38.1 Å². The molecule has 1 aromatic heterocycles. The van der Waals surface area contributed by atoms with Gasteiger partial charge in [0.05, 0.1) is 11.4 Å². The van der Waals surface area contributed by atoms with E-state index in [-0.39, 0.29) is 22.9 Å². The third kappa shape index (κ3) is 4.27. The number of primary amides is 1. The fraction of sp³-hybridized carbons (Fsp3) is 0.150. The molecular formula is C20H20N6O4. The van der Waals surface area contributed by atoms with E-state index in [0.29, 0.717) is 16.5 Å². The predicted octanol–water partition coefficient (Wildman–Crippen LogP) is 1.54. The molecule has 0 aliphatic heterocycles. The number of aromatic nitrogens is 2. The Kier molecular flexibility index (Phi) is 5.77. The average Bonchev–Trinajstić information content (AvgIpc) is 2.72. The molecule has 0 saturated heterocycles. The number of hydrogen-bond acceptors (Lipinski definition) is 5. The smallest absolute Gasteiger partial charge is 0.316 e. The second kappa shape index (κ2) is 8.43. The van der Waals surface area contributed by atoms with Gasteiger partial charge in [0, 0.05) is 16.6 Å². The molecule has 5 N–H and O–H groups in total. The Morgan fingerprint density at radius 2 is 1.53 bits per heavy atom. The van der Waals surface area contributed by atoms with Crippen LogP contribution in [0, 0.1) is 0 Å². The lowest BCUT2D eigenvalue weighted by Crippen LogP contribution is -2.43. The van der Waals surface area contributed by atoms with Crippen LogP contribution in [0.15, 0.2) is 53.3 Å². The molecule has 30 heavy (non-hydrogen) atoms. The number of nitrogens with two attached hydrogens (primary N) is 1. The maximum atomic E-state index is 12.7. The molecule has 0 fully saturated rings. The first kappa shape index (κ1) is 20.5. The molecule has 3 rings (SSSR count). The Balaban J connectivity index is 1.80. The highest BCUT2D eigenvalue weighted by molar-refractivity contribution is 6.06. The quantitative estimate of drug-likeness (QED) is 0.483. The number of anilines is 1. The van der Waals surface area contributed by atoms with E-state index in [0.717, 1.165) is 0 Å². The summed E-state index contributed by atoms with van der Waals surface area (Å²) in [4.78, 5) is 48.4. The van der Waals surface area contributed by atoms with Gasteiger partial charge in [0.15, 0.2) is 5.69 Å². The van der Waals surface area contributed by atoms with Gasteiger partial charge < -0.3 is 11.1 Å². The van der Waals surface area contributed by atoms with Gasteiger partial charge in [0.2, 0.25) is 0 Å². The largest absolute Gasteiger partial charge is 0.351 e. The predicted molar refractivity (Wildman–Crippen MR) is 111 cm³/mol. The minimum Gasteiger partial charge on any atom is -0.351 e. The highest BCUT2D eigenvalue weighted by Crippen LogP contribution is 2.14. The van der Waals surface area contributed by atoms with Crippen LogP contribution in [0.3, 0.4) is 0 Å². The second-order valence-electron chi connectivity index (χ2n) is 6.71. The standard InChI is InChI=1S/C20H20N6O4/c1-11(2)26-19(29)15-6-4-3-5-14(15)16(25-26)18(28)24-23-17(27)12-7-9-13(10-8-12)22-20(21)30/h3-11H,1-2H3,(H,23,27)(H,24,28)(H3,21,22,30). The normalized spacial score (nSPS) is 10.6. The van der Waals surface area contributed by atoms with Crippen molar-refractivity contribution in [2.45, 2.75) is 19.9 Å². The molecule has 1 heterocycles. The molecule has 3 aromatic rings. The average molecular weight is 408 g/mol. The number of amides is 4. The molecule has 0 unspecified atom stereocenters. The molecular weight excluding hydrogens is 388 g/mol. The fourth-order valence-electron chi connectivity index (χ4n) is 2.82. The zero-order chi connectivity index (χ0) is 21.8. The van der Waals surface area contributed by atoms with Crippen LogP contribution >= 0.6 is 0 Å². The molecule has 0 spiro atoms. The van der Waals surface area contributed by atoms with Gasteiger partial charge in [-0.2, -0.15) is 5.10 Å². The number of hydrogen-bond donors (Lipinski definition) is 4. The summed E-state index contributed by atoms with van der Waals surface area (Å²) < 4.78 is 1.23. The summed E-state index contributed by atoms with van der Waals surface area (Å²) in [5, 5.41) is 7.30. The number of fused-ring (bicyclic) bond motifs is 1. The van der Waals surface area contributed by atoms with Crippen LogP contribution < -0.4 is 27.5 Å². The maximum absolute atomic E-state index is 12.7. The Bertz CT molecular complexity index is 1180. The second-order valence-corrected chi connectivity index (χ2v) is 6.71. The fourth-order valence-corrected chi connectivity index (χ4v) is 2.82. The highest BCUT2D eigenvalue weighted by Gasteiger charge is 2.18. The molecule has 0 aliphatic carbocycles. The van der Waals surface area contributed by atoms with Crippen molar-refractivity contribution >= 4 is 34.3 Å². The SMILES string of the molecule is CC(C)n1nc(C(=O)NNC(=O)c2ccc(NC(N)=O)cc2)c2ccccc2c1=O. The number of nitrogens with zero attached hydrogens (tertiary/aromatic N) is 2. The number of hydrazine groups is 1. The Hall–Kier alpha value is -4.21. The zero-order valence-corrected chi connectivity index (χ0v) is 16.3. The lowest BCUT2D eigenvalue weighted by Gasteiger charge is -2.14. The van der Waals surface area contributed by atoms with E-state index < -0.39 is 17.8 Å². The molecule has 0 atom stereocenters. The minimum absolute atomic E-state index is 0.0141. The van der Waals surface area contributed by atoms with E-state index in [1.165, 1.54) is 28.9 Å². The lowest BCUT2D eigenvalue weighted by atomic mass is 10.1. The summed E-state index contributed by atoms with van der Waals surface area (Å²) in [6, 6.07) is 11.6. The summed E-state index contributed by atoms with van der Waals surface area (Å²) >= 11 is 0. The number of urea groups is 1. The van der Waals surface area contributed by atoms with Crippen LogP contribution in [0.4, 0.5) is 10.5 Å². The minimum atomic E-state index is -0.720. The number of nitrogens with one attached hydrogen (secondary N) is 3. The van der Waals surface area contributed by atoms with Crippen LogP contribution in [0.2, 0.25) is 0 Å². The molecule has 2 aromatic carbocycles. The van der Waals surface area contributed by atoms with Crippen molar-refractivity contribution in [2.75, 3.05) is 5.32 Å². The van der Waals surface area contributed by atoms with Crippen molar-refractivity contribution in [1.82, 2.24) is 20.6 Å². The maximum Gasteiger partial charge on any atom is 0.316 e. The topological polar surface area (TPSA) is 148 Å². The lowest BCUT2D eigenvalue weighted by molar-refractivity contribution is 0.0843. The van der Waals surface area contributed by atoms with Gasteiger partial charge in [-0.15, -0.1) is 0 Å². The summed E-state index contributed by atoms with van der Waals surface area (Å²) in [6.07, 6.45) is 0. The van der Waals surface area contributed by atoms with Gasteiger partial charge in [-0.3, -0.25) is 25.2 Å². The molecule has 0 saturated carbocycles. The van der Waals surface area contributed by atoms with Gasteiger partial charge in [-0.05, 0) is 44.2 Å². The molecule has 0 aliphatic rings. The van der Waals surface area contributed by atoms with Gasteiger partial charge in [0.1, 0.15) is 0 Å². The van der Waals surface area contributed by atoms with Crippen LogP contribution in [-0.2, 0) is 0 Å². The van der Waals surface area contributed by atoms with Gasteiger partial charge >= 0.3 is 6.03 Å². The van der Waals surface area contributed by atoms with Crippen LogP contribution in [0.5, 0.6) is 0 Å². The van der Waals surface area contributed by atoms with Crippen molar-refractivity contribution in [1.29, 1.82) is 0 Å². The molecule has 10 heteroatoms. The van der Waals surface area contributed by atoms with Crippen molar-refractivity contribution in [3.63, 3.8) is 0 Å². The summed E-state index contributed by atoms with van der Waals surface area (Å²) in [7, 11) is 0. The summed E-state index contributed by atoms with van der Waals surface area (Å²) in [5.74, 6) is -1.24. The Morgan fingerprint density at radius 1 is 0.933 bits per heavy atom. The first-order valence-corrected chi connectivity index (χ1v) is 9.06. The third-order valence-corrected chi connectivity index (χ3v) is 4.24. The molecule has 4 amide bonds. The van der Waals surface area contributed by atoms with Crippen molar-refractivity contribution in [3.8, 4) is 0 Å². The molecule has 10 nitrogen and oxygen atoms in total. The van der Waals surface area contributed by atoms with Crippen molar-refractivity contribution < 1.29 is 14.4 Å². The highest BCUT2D eigenvalue weighted by atomic mass is 16.2. The van der Waals surface area contributed by atoms with Gasteiger partial charge in [0.25, 0.3) is 17.4 Å². The summed E-state index contributed by atoms with van der Waals surface area (Å²) in [5.41, 5.74) is 10.0. The zero-order valence-electron chi connectivity index (χ0n) is 16.3. The van der Waals surface area contributed by atoms with E-state index in [2.05, 4.69) is 21.3 Å². The Morgan fingerprint density at radius 3 is 2.13 bits per heavy atom. The van der Waals surface area contributed by atoms with E-state index >= 15 is 0 Å². The van der Waals surface area contributed by atoms with Crippen molar-refractivity contribution in [2.24, 2.45) is 5.73 Å². The van der Waals surface area contributed by atoms with E-state index in [4.69, 9.17) is 5.73 Å². The number of rotatable bonds is 4. The molecule has 0 bridgehead atoms. The first-order valence-electron chi connectivity index (χ1n) is 9.06. The monoisotopic (exact) mass is 408 g/mol. The number of carbonyl (C=O) groups excluding carboxylic acids is 3. The number of carbonyl (C=O) groups is 3. The van der Waals surface area contributed by atoms with Gasteiger partial charge in [-0.25, -0.2) is 9.48 Å². The van der Waals surface area contributed by atoms with Gasteiger partial charge in [-0.1, -0.05) is 18.2 Å².